The SMILES string of the molecule is CC(C)(C)OC(=O)COC1CCN(C(=O)[C@@H](CC2CCCCC2)NC(=O)c2ccc(C(=N)N)cc2)CC1. The van der Waals surface area contributed by atoms with Crippen LogP contribution in [0.15, 0.2) is 24.3 Å². The second-order valence-corrected chi connectivity index (χ2v) is 11.2. The van der Waals surface area contributed by atoms with Gasteiger partial charge < -0.3 is 25.4 Å². The van der Waals surface area contributed by atoms with E-state index in [1.54, 1.807) is 29.2 Å². The quantitative estimate of drug-likeness (QED) is 0.263. The van der Waals surface area contributed by atoms with Crippen LogP contribution in [0.1, 0.15) is 88.1 Å². The molecule has 1 heterocycles. The van der Waals surface area contributed by atoms with Crippen molar-refractivity contribution in [2.24, 2.45) is 11.7 Å². The molecule has 1 aromatic carbocycles. The highest BCUT2D eigenvalue weighted by molar-refractivity contribution is 5.99. The molecule has 1 atom stereocenters. The van der Waals surface area contributed by atoms with Gasteiger partial charge in [-0.05, 0) is 58.1 Å². The van der Waals surface area contributed by atoms with Crippen LogP contribution in [0.2, 0.25) is 0 Å². The van der Waals surface area contributed by atoms with Gasteiger partial charge >= 0.3 is 5.97 Å². The Balaban J connectivity index is 1.58. The van der Waals surface area contributed by atoms with Gasteiger partial charge in [-0.3, -0.25) is 15.0 Å². The number of ether oxygens (including phenoxy) is 2. The average Bonchev–Trinajstić information content (AvgIpc) is 2.86. The van der Waals surface area contributed by atoms with Crippen molar-refractivity contribution in [2.45, 2.75) is 89.9 Å². The third kappa shape index (κ3) is 9.14. The number of nitrogen functional groups attached to an aromatic ring is 1. The summed E-state index contributed by atoms with van der Waals surface area (Å²) in [5, 5.41) is 10.5. The van der Waals surface area contributed by atoms with Crippen molar-refractivity contribution in [2.75, 3.05) is 19.7 Å². The maximum atomic E-state index is 13.6. The number of carbonyl (C=O) groups is 3. The largest absolute Gasteiger partial charge is 0.458 e. The third-order valence-corrected chi connectivity index (χ3v) is 6.97. The molecule has 1 aliphatic carbocycles. The van der Waals surface area contributed by atoms with E-state index in [4.69, 9.17) is 20.6 Å². The first-order chi connectivity index (χ1) is 17.5. The van der Waals surface area contributed by atoms with Crippen molar-refractivity contribution in [1.82, 2.24) is 10.2 Å². The summed E-state index contributed by atoms with van der Waals surface area (Å²) in [5.74, 6) is -0.407. The molecule has 3 rings (SSSR count). The van der Waals surface area contributed by atoms with Gasteiger partial charge in [-0.2, -0.15) is 0 Å². The number of benzene rings is 1. The number of amides is 2. The summed E-state index contributed by atoms with van der Waals surface area (Å²) in [4.78, 5) is 40.4. The van der Waals surface area contributed by atoms with Gasteiger partial charge in [-0.25, -0.2) is 4.79 Å². The van der Waals surface area contributed by atoms with Crippen LogP contribution in [0.3, 0.4) is 0 Å². The molecule has 2 amide bonds. The first-order valence-electron chi connectivity index (χ1n) is 13.4. The van der Waals surface area contributed by atoms with Gasteiger partial charge in [0.2, 0.25) is 5.91 Å². The van der Waals surface area contributed by atoms with Crippen LogP contribution in [-0.4, -0.2) is 66.0 Å². The number of hydrogen-bond acceptors (Lipinski definition) is 6. The minimum absolute atomic E-state index is 0.0595. The Labute approximate surface area is 219 Å². The van der Waals surface area contributed by atoms with Crippen LogP contribution in [0.4, 0.5) is 0 Å². The highest BCUT2D eigenvalue weighted by Gasteiger charge is 2.32. The number of likely N-dealkylation sites (tertiary alicyclic amines) is 1. The molecule has 2 aliphatic rings. The molecular weight excluding hydrogens is 472 g/mol. The molecule has 9 heteroatoms. The summed E-state index contributed by atoms with van der Waals surface area (Å²) >= 11 is 0. The Bertz CT molecular complexity index is 942. The van der Waals surface area contributed by atoms with Crippen molar-refractivity contribution in [3.8, 4) is 0 Å². The van der Waals surface area contributed by atoms with Crippen LogP contribution in [-0.2, 0) is 19.1 Å². The van der Waals surface area contributed by atoms with Crippen molar-refractivity contribution in [1.29, 1.82) is 5.41 Å². The summed E-state index contributed by atoms with van der Waals surface area (Å²) in [7, 11) is 0. The molecule has 0 bridgehead atoms. The molecule has 1 aromatic rings. The van der Waals surface area contributed by atoms with Crippen LogP contribution in [0.25, 0.3) is 0 Å². The van der Waals surface area contributed by atoms with E-state index in [-0.39, 0.29) is 30.4 Å². The lowest BCUT2D eigenvalue weighted by Gasteiger charge is -2.35. The van der Waals surface area contributed by atoms with Gasteiger partial charge in [0.05, 0.1) is 6.10 Å². The average molecular weight is 515 g/mol. The van der Waals surface area contributed by atoms with Crippen LogP contribution >= 0.6 is 0 Å². The van der Waals surface area contributed by atoms with E-state index in [0.29, 0.717) is 49.4 Å². The number of nitrogens with one attached hydrogen (secondary N) is 2. The zero-order chi connectivity index (χ0) is 27.0. The number of nitrogens with two attached hydrogens (primary N) is 1. The summed E-state index contributed by atoms with van der Waals surface area (Å²) < 4.78 is 11.0. The number of amidine groups is 1. The van der Waals surface area contributed by atoms with Crippen molar-refractivity contribution in [3.63, 3.8) is 0 Å². The number of esters is 1. The lowest BCUT2D eigenvalue weighted by Crippen LogP contribution is -2.52. The molecule has 0 spiro atoms. The van der Waals surface area contributed by atoms with Crippen LogP contribution < -0.4 is 11.1 Å². The molecule has 0 unspecified atom stereocenters. The first-order valence-corrected chi connectivity index (χ1v) is 13.4. The van der Waals surface area contributed by atoms with Gasteiger partial charge in [0.1, 0.15) is 24.1 Å². The maximum absolute atomic E-state index is 13.6. The zero-order valence-corrected chi connectivity index (χ0v) is 22.4. The van der Waals surface area contributed by atoms with E-state index in [9.17, 15) is 14.4 Å². The third-order valence-electron chi connectivity index (χ3n) is 6.97. The Morgan fingerprint density at radius 1 is 1.03 bits per heavy atom. The van der Waals surface area contributed by atoms with E-state index >= 15 is 0 Å². The predicted molar refractivity (Wildman–Crippen MR) is 141 cm³/mol. The number of nitrogens with zero attached hydrogens (tertiary/aromatic N) is 1. The van der Waals surface area contributed by atoms with Gasteiger partial charge in [0.15, 0.2) is 0 Å². The smallest absolute Gasteiger partial charge is 0.332 e. The molecular formula is C28H42N4O5. The van der Waals surface area contributed by atoms with Crippen LogP contribution in [0, 0.1) is 11.3 Å². The van der Waals surface area contributed by atoms with E-state index in [0.717, 1.165) is 25.7 Å². The number of rotatable bonds is 9. The topological polar surface area (TPSA) is 135 Å². The van der Waals surface area contributed by atoms with Crippen molar-refractivity contribution >= 4 is 23.6 Å². The second kappa shape index (κ2) is 13.0. The maximum Gasteiger partial charge on any atom is 0.332 e. The monoisotopic (exact) mass is 514 g/mol. The molecule has 204 valence electrons. The molecule has 37 heavy (non-hydrogen) atoms. The summed E-state index contributed by atoms with van der Waals surface area (Å²) in [6.45, 7) is 6.39. The molecule has 0 aromatic heterocycles. The first kappa shape index (κ1) is 28.6. The number of hydrogen-bond donors (Lipinski definition) is 3. The summed E-state index contributed by atoms with van der Waals surface area (Å²) in [6.07, 6.45) is 7.48. The molecule has 4 N–H and O–H groups in total. The normalized spacial score (nSPS) is 18.2. The van der Waals surface area contributed by atoms with Crippen LogP contribution in [0.5, 0.6) is 0 Å². The Morgan fingerprint density at radius 3 is 2.19 bits per heavy atom. The van der Waals surface area contributed by atoms with Gasteiger partial charge in [-0.15, -0.1) is 0 Å². The molecule has 1 saturated heterocycles. The van der Waals surface area contributed by atoms with Crippen molar-refractivity contribution < 1.29 is 23.9 Å². The Kier molecular flexibility index (Phi) is 10.1. The van der Waals surface area contributed by atoms with E-state index in [1.165, 1.54) is 6.42 Å². The fourth-order valence-electron chi connectivity index (χ4n) is 5.04. The highest BCUT2D eigenvalue weighted by Crippen LogP contribution is 2.28. The number of piperidine rings is 1. The van der Waals surface area contributed by atoms with Gasteiger partial charge in [0, 0.05) is 24.2 Å². The zero-order valence-electron chi connectivity index (χ0n) is 22.4. The number of carbonyl (C=O) groups excluding carboxylic acids is 3. The van der Waals surface area contributed by atoms with E-state index in [1.807, 2.05) is 20.8 Å². The fourth-order valence-corrected chi connectivity index (χ4v) is 5.04. The minimum Gasteiger partial charge on any atom is -0.458 e. The van der Waals surface area contributed by atoms with E-state index in [2.05, 4.69) is 5.32 Å². The van der Waals surface area contributed by atoms with Gasteiger partial charge in [-0.1, -0.05) is 44.2 Å². The van der Waals surface area contributed by atoms with E-state index < -0.39 is 17.6 Å². The van der Waals surface area contributed by atoms with Gasteiger partial charge in [0.25, 0.3) is 5.91 Å². The highest BCUT2D eigenvalue weighted by atomic mass is 16.6. The summed E-state index contributed by atoms with van der Waals surface area (Å²) in [6, 6.07) is 5.93. The predicted octanol–water partition coefficient (Wildman–Crippen LogP) is 3.39. The molecule has 1 aliphatic heterocycles. The summed E-state index contributed by atoms with van der Waals surface area (Å²) in [5.41, 5.74) is 5.94. The second-order valence-electron chi connectivity index (χ2n) is 11.2. The molecule has 9 nitrogen and oxygen atoms in total. The molecule has 0 radical (unpaired) electrons. The molecule has 2 fully saturated rings. The molecule has 1 saturated carbocycles. The standard InChI is InChI=1S/C28H42N4O5/c1-28(2,3)37-24(33)18-36-22-13-15-32(16-14-22)27(35)23(17-19-7-5-4-6-8-19)31-26(34)21-11-9-20(10-12-21)25(29)30/h9-12,19,22-23H,4-8,13-18H2,1-3H3,(H3,29,30)(H,31,34)/t23-/m1/s1. The minimum atomic E-state index is -0.595. The van der Waals surface area contributed by atoms with Crippen molar-refractivity contribution in [3.05, 3.63) is 35.4 Å². The lowest BCUT2D eigenvalue weighted by atomic mass is 9.84. The fraction of sp³-hybridized carbons (Fsp3) is 0.643. The Hall–Kier alpha value is -2.94. The Morgan fingerprint density at radius 2 is 1.62 bits per heavy atom. The lowest BCUT2D eigenvalue weighted by molar-refractivity contribution is -0.163.